The maximum atomic E-state index is 11.8. The Morgan fingerprint density at radius 3 is 2.62 bits per heavy atom. The Bertz CT molecular complexity index is 853. The average molecular weight is 444 g/mol. The molecule has 2 rings (SSSR count). The van der Waals surface area contributed by atoms with Crippen LogP contribution in [0.1, 0.15) is 5.56 Å². The zero-order chi connectivity index (χ0) is 17.7. The van der Waals surface area contributed by atoms with Crippen molar-refractivity contribution in [3.05, 3.63) is 50.4 Å². The number of phenolic OH excluding ortho intramolecular Hbond substituents is 1. The number of carbonyl (C=O) groups is 2. The van der Waals surface area contributed by atoms with E-state index in [0.29, 0.717) is 10.9 Å². The second-order valence-electron chi connectivity index (χ2n) is 4.71. The number of esters is 2. The third-order valence-electron chi connectivity index (χ3n) is 2.95. The van der Waals surface area contributed by atoms with Crippen LogP contribution in [0.2, 0.25) is 0 Å². The van der Waals surface area contributed by atoms with Gasteiger partial charge in [-0.25, -0.2) is 9.59 Å². The maximum Gasteiger partial charge on any atom is 0.343 e. The Labute approximate surface area is 150 Å². The Hall–Kier alpha value is -2.36. The number of benzene rings is 1. The van der Waals surface area contributed by atoms with Gasteiger partial charge in [0.25, 0.3) is 0 Å². The van der Waals surface area contributed by atoms with E-state index in [9.17, 15) is 19.5 Å². The lowest BCUT2D eigenvalue weighted by Crippen LogP contribution is -2.15. The van der Waals surface area contributed by atoms with Gasteiger partial charge < -0.3 is 19.0 Å². The van der Waals surface area contributed by atoms with Crippen LogP contribution in [0.25, 0.3) is 11.0 Å². The Balaban J connectivity index is 1.99. The van der Waals surface area contributed by atoms with E-state index in [0.717, 1.165) is 0 Å². The molecule has 1 heterocycles. The van der Waals surface area contributed by atoms with Gasteiger partial charge in [0, 0.05) is 17.5 Å². The third-order valence-corrected chi connectivity index (χ3v) is 3.39. The first-order valence-corrected chi connectivity index (χ1v) is 7.87. The number of rotatable bonds is 6. The van der Waals surface area contributed by atoms with E-state index in [1.165, 1.54) is 18.2 Å². The molecule has 1 aromatic carbocycles. The van der Waals surface area contributed by atoms with E-state index in [4.69, 9.17) is 13.9 Å². The second-order valence-corrected chi connectivity index (χ2v) is 6.01. The first-order chi connectivity index (χ1) is 11.4. The Kier molecular flexibility index (Phi) is 5.96. The molecule has 0 saturated heterocycles. The topological polar surface area (TPSA) is 103 Å². The highest BCUT2D eigenvalue weighted by Gasteiger charge is 2.12. The summed E-state index contributed by atoms with van der Waals surface area (Å²) in [6.07, 6.45) is -0.153. The summed E-state index contributed by atoms with van der Waals surface area (Å²) in [7, 11) is 0. The molecule has 0 bridgehead atoms. The normalized spacial score (nSPS) is 10.4. The summed E-state index contributed by atoms with van der Waals surface area (Å²) in [5.74, 6) is -1.21. The molecule has 126 valence electrons. The maximum absolute atomic E-state index is 11.8. The van der Waals surface area contributed by atoms with E-state index in [-0.39, 0.29) is 34.5 Å². The molecule has 0 amide bonds. The van der Waals surface area contributed by atoms with Crippen molar-refractivity contribution in [3.63, 3.8) is 0 Å². The third kappa shape index (κ3) is 4.82. The summed E-state index contributed by atoms with van der Waals surface area (Å²) in [4.78, 5) is 34.5. The zero-order valence-corrected chi connectivity index (χ0v) is 14.6. The van der Waals surface area contributed by atoms with Gasteiger partial charge in [-0.2, -0.15) is 0 Å². The minimum Gasteiger partial charge on any atom is -0.508 e. The van der Waals surface area contributed by atoms with Crippen molar-refractivity contribution in [2.45, 2.75) is 6.42 Å². The number of aromatic hydroxyl groups is 1. The number of halogens is 1. The van der Waals surface area contributed by atoms with Crippen LogP contribution >= 0.6 is 22.6 Å². The average Bonchev–Trinajstić information content (AvgIpc) is 2.50. The van der Waals surface area contributed by atoms with Crippen molar-refractivity contribution in [1.82, 2.24) is 0 Å². The molecule has 0 aliphatic heterocycles. The van der Waals surface area contributed by atoms with Gasteiger partial charge in [0.15, 0.2) is 0 Å². The van der Waals surface area contributed by atoms with Gasteiger partial charge in [-0.15, -0.1) is 0 Å². The monoisotopic (exact) mass is 444 g/mol. The lowest BCUT2D eigenvalue weighted by molar-refractivity contribution is -0.149. The number of fused-ring (bicyclic) bond motifs is 1. The summed E-state index contributed by atoms with van der Waals surface area (Å²) in [5.41, 5.74) is -0.0333. The SMILES string of the molecule is C=C(I)C(=O)OCCOC(=O)Cc1cc(=O)oc2cc(O)ccc12. The molecule has 8 heteroatoms. The highest BCUT2D eigenvalue weighted by atomic mass is 127. The fraction of sp³-hybridized carbons (Fsp3) is 0.188. The molecule has 1 aromatic heterocycles. The Morgan fingerprint density at radius 1 is 1.21 bits per heavy atom. The predicted octanol–water partition coefficient (Wildman–Crippen LogP) is 2.08. The van der Waals surface area contributed by atoms with E-state index < -0.39 is 17.6 Å². The summed E-state index contributed by atoms with van der Waals surface area (Å²) < 4.78 is 15.0. The van der Waals surface area contributed by atoms with E-state index in [1.807, 2.05) is 0 Å². The molecular formula is C16H13IO7. The molecule has 0 saturated carbocycles. The standard InChI is InChI=1S/C16H13IO7/c1-9(17)16(21)23-5-4-22-14(19)6-10-7-15(20)24-13-8-11(18)2-3-12(10)13/h2-3,7-8,18H,1,4-6H2. The van der Waals surface area contributed by atoms with Crippen molar-refractivity contribution in [1.29, 1.82) is 0 Å². The van der Waals surface area contributed by atoms with Crippen molar-refractivity contribution < 1.29 is 28.6 Å². The largest absolute Gasteiger partial charge is 0.508 e. The molecule has 0 fully saturated rings. The van der Waals surface area contributed by atoms with Gasteiger partial charge in [-0.3, -0.25) is 4.79 Å². The van der Waals surface area contributed by atoms with Crippen molar-refractivity contribution >= 4 is 45.5 Å². The van der Waals surface area contributed by atoms with Gasteiger partial charge in [0.2, 0.25) is 0 Å². The summed E-state index contributed by atoms with van der Waals surface area (Å²) in [6, 6.07) is 5.46. The van der Waals surface area contributed by atoms with Crippen LogP contribution in [0, 0.1) is 0 Å². The molecule has 0 radical (unpaired) electrons. The lowest BCUT2D eigenvalue weighted by Gasteiger charge is -2.07. The summed E-state index contributed by atoms with van der Waals surface area (Å²) in [5, 5.41) is 9.94. The van der Waals surface area contributed by atoms with Crippen LogP contribution in [0.5, 0.6) is 5.75 Å². The van der Waals surface area contributed by atoms with Gasteiger partial charge in [-0.05, 0) is 40.3 Å². The molecule has 0 spiro atoms. The van der Waals surface area contributed by atoms with Gasteiger partial charge in [0.05, 0.1) is 10.0 Å². The van der Waals surface area contributed by atoms with Crippen LogP contribution in [0.3, 0.4) is 0 Å². The van der Waals surface area contributed by atoms with E-state index >= 15 is 0 Å². The zero-order valence-electron chi connectivity index (χ0n) is 12.4. The quantitative estimate of drug-likeness (QED) is 0.239. The minimum absolute atomic E-state index is 0.0518. The molecule has 2 aromatic rings. The van der Waals surface area contributed by atoms with Crippen LogP contribution in [0.15, 0.2) is 43.6 Å². The van der Waals surface area contributed by atoms with Crippen LogP contribution in [-0.4, -0.2) is 30.3 Å². The first kappa shape index (κ1) is 18.0. The smallest absolute Gasteiger partial charge is 0.343 e. The molecule has 1 N–H and O–H groups in total. The van der Waals surface area contributed by atoms with Crippen molar-refractivity contribution in [3.8, 4) is 5.75 Å². The molecule has 0 aliphatic rings. The molecule has 0 atom stereocenters. The fourth-order valence-electron chi connectivity index (χ4n) is 1.94. The lowest BCUT2D eigenvalue weighted by atomic mass is 10.1. The molecule has 7 nitrogen and oxygen atoms in total. The van der Waals surface area contributed by atoms with Crippen molar-refractivity contribution in [2.24, 2.45) is 0 Å². The van der Waals surface area contributed by atoms with Gasteiger partial charge in [-0.1, -0.05) is 6.58 Å². The van der Waals surface area contributed by atoms with Crippen LogP contribution in [0.4, 0.5) is 0 Å². The van der Waals surface area contributed by atoms with Gasteiger partial charge >= 0.3 is 17.6 Å². The number of phenols is 1. The number of hydrogen-bond acceptors (Lipinski definition) is 7. The highest BCUT2D eigenvalue weighted by Crippen LogP contribution is 2.22. The van der Waals surface area contributed by atoms with Crippen LogP contribution in [-0.2, 0) is 25.5 Å². The molecule has 0 unspecified atom stereocenters. The second kappa shape index (κ2) is 7.95. The van der Waals surface area contributed by atoms with Gasteiger partial charge in [0.1, 0.15) is 24.5 Å². The first-order valence-electron chi connectivity index (χ1n) is 6.79. The van der Waals surface area contributed by atoms with Crippen LogP contribution < -0.4 is 5.63 Å². The predicted molar refractivity (Wildman–Crippen MR) is 92.9 cm³/mol. The fourth-order valence-corrected chi connectivity index (χ4v) is 2.10. The highest BCUT2D eigenvalue weighted by molar-refractivity contribution is 14.1. The summed E-state index contributed by atoms with van der Waals surface area (Å²) >= 11 is 1.73. The molecular weight excluding hydrogens is 431 g/mol. The van der Waals surface area contributed by atoms with E-state index in [2.05, 4.69) is 6.58 Å². The molecule has 24 heavy (non-hydrogen) atoms. The number of carbonyl (C=O) groups excluding carboxylic acids is 2. The number of hydrogen-bond donors (Lipinski definition) is 1. The molecule has 0 aliphatic carbocycles. The van der Waals surface area contributed by atoms with Crippen molar-refractivity contribution in [2.75, 3.05) is 13.2 Å². The number of ether oxygens (including phenoxy) is 2. The minimum atomic E-state index is -0.634. The summed E-state index contributed by atoms with van der Waals surface area (Å²) in [6.45, 7) is 3.23. The Morgan fingerprint density at radius 2 is 1.92 bits per heavy atom. The van der Waals surface area contributed by atoms with E-state index in [1.54, 1.807) is 28.7 Å².